The van der Waals surface area contributed by atoms with E-state index in [0.717, 1.165) is 36.3 Å². The molecule has 8 nitrogen and oxygen atoms in total. The molecule has 1 aliphatic carbocycles. The number of anilines is 2. The van der Waals surface area contributed by atoms with Gasteiger partial charge in [0.05, 0.1) is 29.6 Å². The molecule has 1 aliphatic heterocycles. The number of esters is 1. The van der Waals surface area contributed by atoms with Gasteiger partial charge in [-0.25, -0.2) is 4.68 Å². The molecule has 2 amide bonds. The summed E-state index contributed by atoms with van der Waals surface area (Å²) in [6.07, 6.45) is 5.96. The maximum Gasteiger partial charge on any atom is 0.307 e. The minimum Gasteiger partial charge on any atom is -0.456 e. The number of nitrogens with zero attached hydrogens (tertiary/aromatic N) is 2. The second-order valence-electron chi connectivity index (χ2n) is 7.10. The van der Waals surface area contributed by atoms with Crippen molar-refractivity contribution in [3.63, 3.8) is 0 Å². The highest BCUT2D eigenvalue weighted by molar-refractivity contribution is 8.01. The molecule has 1 fully saturated rings. The van der Waals surface area contributed by atoms with E-state index in [9.17, 15) is 14.4 Å². The van der Waals surface area contributed by atoms with E-state index < -0.39 is 23.7 Å². The van der Waals surface area contributed by atoms with Gasteiger partial charge in [0.2, 0.25) is 5.91 Å². The van der Waals surface area contributed by atoms with Crippen molar-refractivity contribution >= 4 is 41.1 Å². The number of amides is 2. The number of hydrogen-bond donors (Lipinski definition) is 2. The molecule has 1 aromatic heterocycles. The number of rotatable bonds is 6. The maximum atomic E-state index is 12.2. The van der Waals surface area contributed by atoms with Crippen LogP contribution < -0.4 is 10.6 Å². The van der Waals surface area contributed by atoms with Crippen molar-refractivity contribution in [3.8, 4) is 0 Å². The van der Waals surface area contributed by atoms with Crippen molar-refractivity contribution in [2.24, 2.45) is 0 Å². The van der Waals surface area contributed by atoms with Gasteiger partial charge in [0.25, 0.3) is 5.91 Å². The zero-order valence-corrected chi connectivity index (χ0v) is 16.6. The summed E-state index contributed by atoms with van der Waals surface area (Å²) in [6, 6.07) is 9.45. The third-order valence-electron chi connectivity index (χ3n) is 5.03. The fraction of sp³-hybridized carbons (Fsp3) is 0.400. The van der Waals surface area contributed by atoms with Crippen LogP contribution in [0.4, 0.5) is 11.5 Å². The van der Waals surface area contributed by atoms with Crippen LogP contribution in [0.1, 0.15) is 38.1 Å². The summed E-state index contributed by atoms with van der Waals surface area (Å²) in [5.41, 5.74) is 0.741. The fourth-order valence-corrected chi connectivity index (χ4v) is 4.71. The number of benzene rings is 1. The van der Waals surface area contributed by atoms with Crippen LogP contribution in [0.2, 0.25) is 0 Å². The lowest BCUT2D eigenvalue weighted by Crippen LogP contribution is -2.32. The Kier molecular flexibility index (Phi) is 5.84. The van der Waals surface area contributed by atoms with E-state index in [4.69, 9.17) is 4.74 Å². The molecular formula is C20H22N4O4S. The molecule has 29 heavy (non-hydrogen) atoms. The molecule has 1 saturated carbocycles. The number of aromatic nitrogens is 2. The van der Waals surface area contributed by atoms with Crippen LogP contribution in [-0.4, -0.2) is 39.4 Å². The molecule has 2 N–H and O–H groups in total. The Morgan fingerprint density at radius 1 is 1.24 bits per heavy atom. The molecule has 152 valence electrons. The number of para-hydroxylation sites is 1. The third kappa shape index (κ3) is 4.61. The summed E-state index contributed by atoms with van der Waals surface area (Å²) in [5, 5.41) is 9.25. The quantitative estimate of drug-likeness (QED) is 0.705. The first kappa shape index (κ1) is 19.5. The number of carbonyl (C=O) groups is 3. The summed E-state index contributed by atoms with van der Waals surface area (Å²) in [5.74, 6) is -0.645. The second kappa shape index (κ2) is 8.69. The molecule has 0 bridgehead atoms. The van der Waals surface area contributed by atoms with Gasteiger partial charge in [0.15, 0.2) is 6.61 Å². The molecule has 2 aliphatic rings. The van der Waals surface area contributed by atoms with Crippen molar-refractivity contribution in [2.45, 2.75) is 48.3 Å². The lowest BCUT2D eigenvalue weighted by atomic mass is 10.2. The van der Waals surface area contributed by atoms with E-state index in [1.54, 1.807) is 12.3 Å². The van der Waals surface area contributed by atoms with E-state index in [0.29, 0.717) is 11.9 Å². The largest absolute Gasteiger partial charge is 0.456 e. The first-order valence-electron chi connectivity index (χ1n) is 9.65. The van der Waals surface area contributed by atoms with E-state index in [1.165, 1.54) is 11.8 Å². The lowest BCUT2D eigenvalue weighted by Gasteiger charge is -2.23. The van der Waals surface area contributed by atoms with Crippen LogP contribution in [0.5, 0.6) is 0 Å². The molecule has 2 aromatic rings. The van der Waals surface area contributed by atoms with Gasteiger partial charge in [-0.05, 0) is 25.0 Å². The summed E-state index contributed by atoms with van der Waals surface area (Å²) in [6.45, 7) is -0.399. The zero-order chi connectivity index (χ0) is 20.2. The number of thioether (sulfide) groups is 1. The Bertz CT molecular complexity index is 923. The van der Waals surface area contributed by atoms with Gasteiger partial charge < -0.3 is 15.4 Å². The summed E-state index contributed by atoms with van der Waals surface area (Å²) >= 11 is 1.32. The summed E-state index contributed by atoms with van der Waals surface area (Å²) < 4.78 is 6.91. The van der Waals surface area contributed by atoms with Crippen LogP contribution in [0, 0.1) is 0 Å². The lowest BCUT2D eigenvalue weighted by molar-refractivity contribution is -0.147. The van der Waals surface area contributed by atoms with Crippen LogP contribution >= 0.6 is 11.8 Å². The Labute approximate surface area is 172 Å². The minimum atomic E-state index is -0.587. The van der Waals surface area contributed by atoms with Crippen LogP contribution in [0.15, 0.2) is 41.4 Å². The molecule has 1 aromatic carbocycles. The Hall–Kier alpha value is -2.81. The van der Waals surface area contributed by atoms with Crippen molar-refractivity contribution < 1.29 is 19.1 Å². The highest BCUT2D eigenvalue weighted by Gasteiger charge is 2.29. The van der Waals surface area contributed by atoms with Gasteiger partial charge in [0, 0.05) is 11.0 Å². The number of nitrogens with one attached hydrogen (secondary N) is 2. The first-order valence-corrected chi connectivity index (χ1v) is 10.5. The van der Waals surface area contributed by atoms with Crippen LogP contribution in [0.25, 0.3) is 0 Å². The van der Waals surface area contributed by atoms with Crippen LogP contribution in [-0.2, 0) is 19.1 Å². The molecule has 1 atom stereocenters. The first-order chi connectivity index (χ1) is 14.1. The third-order valence-corrected chi connectivity index (χ3v) is 6.31. The topological polar surface area (TPSA) is 102 Å². The van der Waals surface area contributed by atoms with Crippen molar-refractivity contribution in [1.29, 1.82) is 0 Å². The smallest absolute Gasteiger partial charge is 0.307 e. The molecule has 0 saturated heterocycles. The zero-order valence-electron chi connectivity index (χ0n) is 15.8. The molecular weight excluding hydrogens is 392 g/mol. The number of ether oxygens (including phenoxy) is 1. The molecule has 9 heteroatoms. The van der Waals surface area contributed by atoms with Crippen LogP contribution in [0.3, 0.4) is 0 Å². The molecule has 2 heterocycles. The fourth-order valence-electron chi connectivity index (χ4n) is 3.62. The molecule has 0 radical (unpaired) electrons. The van der Waals surface area contributed by atoms with E-state index >= 15 is 0 Å². The average Bonchev–Trinajstić information content (AvgIpc) is 3.38. The van der Waals surface area contributed by atoms with Crippen molar-refractivity contribution in [1.82, 2.24) is 9.78 Å². The van der Waals surface area contributed by atoms with Gasteiger partial charge in [-0.3, -0.25) is 14.4 Å². The number of fused-ring (bicyclic) bond motifs is 1. The van der Waals surface area contributed by atoms with Gasteiger partial charge in [-0.15, -0.1) is 11.8 Å². The van der Waals surface area contributed by atoms with Gasteiger partial charge in [-0.2, -0.15) is 5.10 Å². The van der Waals surface area contributed by atoms with Gasteiger partial charge >= 0.3 is 5.97 Å². The number of hydrogen-bond acceptors (Lipinski definition) is 6. The second-order valence-corrected chi connectivity index (χ2v) is 8.35. The highest BCUT2D eigenvalue weighted by atomic mass is 32.2. The van der Waals surface area contributed by atoms with E-state index in [1.807, 2.05) is 28.9 Å². The Morgan fingerprint density at radius 2 is 2.03 bits per heavy atom. The van der Waals surface area contributed by atoms with E-state index in [-0.39, 0.29) is 12.3 Å². The normalized spacial score (nSPS) is 18.8. The summed E-state index contributed by atoms with van der Waals surface area (Å²) in [7, 11) is 0. The predicted octanol–water partition coefficient (Wildman–Crippen LogP) is 2.98. The van der Waals surface area contributed by atoms with Crippen molar-refractivity contribution in [3.05, 3.63) is 36.5 Å². The SMILES string of the molecule is O=C(COC(=O)C[C@@H]1Sc2ccccc2NC1=O)Nc1ccnn1C1CCCC1. The Morgan fingerprint density at radius 3 is 2.86 bits per heavy atom. The standard InChI is InChI=1S/C20H22N4O4S/c25-18(23-17-9-10-21-24(17)13-5-1-2-6-13)12-28-19(26)11-16-20(27)22-14-7-3-4-8-15(14)29-16/h3-4,7-10,13,16H,1-2,5-6,11-12H2,(H,22,27)(H,23,25)/t16-/m0/s1. The van der Waals surface area contributed by atoms with Gasteiger partial charge in [-0.1, -0.05) is 25.0 Å². The Balaban J connectivity index is 1.26. The molecule has 4 rings (SSSR count). The maximum absolute atomic E-state index is 12.2. The average molecular weight is 414 g/mol. The van der Waals surface area contributed by atoms with Crippen molar-refractivity contribution in [2.75, 3.05) is 17.2 Å². The number of carbonyl (C=O) groups excluding carboxylic acids is 3. The highest BCUT2D eigenvalue weighted by Crippen LogP contribution is 2.36. The molecule has 0 unspecified atom stereocenters. The summed E-state index contributed by atoms with van der Waals surface area (Å²) in [4.78, 5) is 37.4. The monoisotopic (exact) mass is 414 g/mol. The van der Waals surface area contributed by atoms with Gasteiger partial charge in [0.1, 0.15) is 5.82 Å². The predicted molar refractivity (Wildman–Crippen MR) is 109 cm³/mol. The minimum absolute atomic E-state index is 0.0991. The van der Waals surface area contributed by atoms with E-state index in [2.05, 4.69) is 15.7 Å². The molecule has 0 spiro atoms.